The number of aryl methyl sites for hydroxylation is 1. The summed E-state index contributed by atoms with van der Waals surface area (Å²) >= 11 is 1.50. The molecule has 0 saturated heterocycles. The molecule has 1 heterocycles. The van der Waals surface area contributed by atoms with Crippen molar-refractivity contribution in [2.45, 2.75) is 11.8 Å². The molecule has 2 aromatic rings. The second-order valence-electron chi connectivity index (χ2n) is 4.01. The number of hydrogen-bond acceptors (Lipinski definition) is 5. The standard InChI is InChI=1S/C14H15N3O2S/c1-9-10(6-4-8-16-9)19-11-5-3-7-12(20-2)13(11)14(15)17-18/h3-8,18H,1-2H3,(H2,15,17). The van der Waals surface area contributed by atoms with E-state index in [0.717, 1.165) is 10.6 Å². The van der Waals surface area contributed by atoms with Crippen molar-refractivity contribution in [3.63, 3.8) is 0 Å². The highest BCUT2D eigenvalue weighted by Gasteiger charge is 2.15. The molecule has 0 atom stereocenters. The fourth-order valence-electron chi connectivity index (χ4n) is 1.76. The molecule has 2 rings (SSSR count). The maximum atomic E-state index is 8.94. The molecular weight excluding hydrogens is 274 g/mol. The molecule has 1 aromatic carbocycles. The van der Waals surface area contributed by atoms with Crippen LogP contribution >= 0.6 is 11.8 Å². The predicted molar refractivity (Wildman–Crippen MR) is 79.8 cm³/mol. The zero-order chi connectivity index (χ0) is 14.5. The number of amidine groups is 1. The van der Waals surface area contributed by atoms with Crippen molar-refractivity contribution in [3.05, 3.63) is 47.8 Å². The van der Waals surface area contributed by atoms with Gasteiger partial charge in [-0.2, -0.15) is 0 Å². The number of nitrogens with two attached hydrogens (primary N) is 1. The fraction of sp³-hybridized carbons (Fsp3) is 0.143. The van der Waals surface area contributed by atoms with Crippen molar-refractivity contribution >= 4 is 17.6 Å². The quantitative estimate of drug-likeness (QED) is 0.297. The molecule has 0 unspecified atom stereocenters. The van der Waals surface area contributed by atoms with Crippen LogP contribution in [0.3, 0.4) is 0 Å². The highest BCUT2D eigenvalue weighted by molar-refractivity contribution is 7.98. The first-order valence-corrected chi connectivity index (χ1v) is 7.14. The Labute approximate surface area is 121 Å². The number of rotatable bonds is 4. The van der Waals surface area contributed by atoms with Gasteiger partial charge >= 0.3 is 0 Å². The number of hydrogen-bond donors (Lipinski definition) is 2. The molecule has 0 spiro atoms. The summed E-state index contributed by atoms with van der Waals surface area (Å²) in [6, 6.07) is 9.15. The molecule has 0 radical (unpaired) electrons. The van der Waals surface area contributed by atoms with E-state index in [9.17, 15) is 0 Å². The minimum atomic E-state index is 0.0199. The van der Waals surface area contributed by atoms with Crippen molar-refractivity contribution in [1.82, 2.24) is 4.98 Å². The Bertz CT molecular complexity index is 644. The first-order chi connectivity index (χ1) is 9.67. The van der Waals surface area contributed by atoms with Crippen molar-refractivity contribution in [1.29, 1.82) is 0 Å². The maximum Gasteiger partial charge on any atom is 0.175 e. The van der Waals surface area contributed by atoms with E-state index in [2.05, 4.69) is 10.1 Å². The molecular formula is C14H15N3O2S. The molecule has 0 bridgehead atoms. The van der Waals surface area contributed by atoms with E-state index in [-0.39, 0.29) is 5.84 Å². The number of ether oxygens (including phenoxy) is 1. The summed E-state index contributed by atoms with van der Waals surface area (Å²) in [7, 11) is 0. The Kier molecular flexibility index (Phi) is 4.47. The van der Waals surface area contributed by atoms with Gasteiger partial charge < -0.3 is 15.7 Å². The van der Waals surface area contributed by atoms with Gasteiger partial charge in [0.15, 0.2) is 5.84 Å². The van der Waals surface area contributed by atoms with Crippen LogP contribution in [0.5, 0.6) is 11.5 Å². The average molecular weight is 289 g/mol. The minimum absolute atomic E-state index is 0.0199. The van der Waals surface area contributed by atoms with E-state index < -0.39 is 0 Å². The predicted octanol–water partition coefficient (Wildman–Crippen LogP) is 3.00. The second-order valence-corrected chi connectivity index (χ2v) is 4.86. The van der Waals surface area contributed by atoms with Gasteiger partial charge in [0.25, 0.3) is 0 Å². The molecule has 1 aromatic heterocycles. The molecule has 0 amide bonds. The minimum Gasteiger partial charge on any atom is -0.455 e. The molecule has 3 N–H and O–H groups in total. The largest absolute Gasteiger partial charge is 0.455 e. The van der Waals surface area contributed by atoms with Crippen LogP contribution in [-0.2, 0) is 0 Å². The molecule has 0 aliphatic rings. The molecule has 0 aliphatic heterocycles. The van der Waals surface area contributed by atoms with Gasteiger partial charge in [-0.05, 0) is 37.4 Å². The number of oxime groups is 1. The number of benzene rings is 1. The number of pyridine rings is 1. The Morgan fingerprint density at radius 3 is 2.70 bits per heavy atom. The average Bonchev–Trinajstić information content (AvgIpc) is 2.48. The van der Waals surface area contributed by atoms with Gasteiger partial charge in [0, 0.05) is 11.1 Å². The third-order valence-electron chi connectivity index (χ3n) is 2.75. The van der Waals surface area contributed by atoms with E-state index in [1.54, 1.807) is 18.3 Å². The maximum absolute atomic E-state index is 8.94. The van der Waals surface area contributed by atoms with Crippen LogP contribution in [0, 0.1) is 6.92 Å². The summed E-state index contributed by atoms with van der Waals surface area (Å²) in [6.07, 6.45) is 3.62. The van der Waals surface area contributed by atoms with Crippen molar-refractivity contribution in [2.24, 2.45) is 10.9 Å². The Morgan fingerprint density at radius 2 is 2.05 bits per heavy atom. The third kappa shape index (κ3) is 2.85. The summed E-state index contributed by atoms with van der Waals surface area (Å²) in [5.74, 6) is 1.19. The lowest BCUT2D eigenvalue weighted by Crippen LogP contribution is -2.15. The molecule has 20 heavy (non-hydrogen) atoms. The lowest BCUT2D eigenvalue weighted by molar-refractivity contribution is 0.318. The van der Waals surface area contributed by atoms with Gasteiger partial charge in [0.1, 0.15) is 11.5 Å². The highest BCUT2D eigenvalue weighted by atomic mass is 32.2. The van der Waals surface area contributed by atoms with Crippen LogP contribution in [0.1, 0.15) is 11.3 Å². The SMILES string of the molecule is CSc1cccc(Oc2cccnc2C)c1/C(N)=N/O. The van der Waals surface area contributed by atoms with Gasteiger partial charge in [0.2, 0.25) is 0 Å². The molecule has 0 aliphatic carbocycles. The summed E-state index contributed by atoms with van der Waals surface area (Å²) in [6.45, 7) is 1.86. The van der Waals surface area contributed by atoms with Crippen LogP contribution in [0.4, 0.5) is 0 Å². The summed E-state index contributed by atoms with van der Waals surface area (Å²) in [5, 5.41) is 12.0. The first-order valence-electron chi connectivity index (χ1n) is 5.91. The van der Waals surface area contributed by atoms with E-state index in [0.29, 0.717) is 17.1 Å². The van der Waals surface area contributed by atoms with E-state index in [1.165, 1.54) is 11.8 Å². The van der Waals surface area contributed by atoms with Crippen LogP contribution in [-0.4, -0.2) is 22.3 Å². The Balaban J connectivity index is 2.49. The van der Waals surface area contributed by atoms with E-state index in [1.807, 2.05) is 31.4 Å². The zero-order valence-corrected chi connectivity index (χ0v) is 12.0. The van der Waals surface area contributed by atoms with E-state index in [4.69, 9.17) is 15.7 Å². The van der Waals surface area contributed by atoms with Crippen LogP contribution < -0.4 is 10.5 Å². The summed E-state index contributed by atoms with van der Waals surface area (Å²) in [5.41, 5.74) is 7.10. The van der Waals surface area contributed by atoms with Crippen LogP contribution in [0.15, 0.2) is 46.6 Å². The highest BCUT2D eigenvalue weighted by Crippen LogP contribution is 2.32. The monoisotopic (exact) mass is 289 g/mol. The second kappa shape index (κ2) is 6.29. The molecule has 0 fully saturated rings. The topological polar surface area (TPSA) is 80.7 Å². The van der Waals surface area contributed by atoms with Crippen LogP contribution in [0.2, 0.25) is 0 Å². The Hall–Kier alpha value is -2.21. The molecule has 6 heteroatoms. The normalized spacial score (nSPS) is 11.4. The lowest BCUT2D eigenvalue weighted by Gasteiger charge is -2.14. The van der Waals surface area contributed by atoms with Crippen LogP contribution in [0.25, 0.3) is 0 Å². The molecule has 104 valence electrons. The van der Waals surface area contributed by atoms with Gasteiger partial charge in [-0.25, -0.2) is 0 Å². The first kappa shape index (κ1) is 14.2. The summed E-state index contributed by atoms with van der Waals surface area (Å²) in [4.78, 5) is 5.05. The summed E-state index contributed by atoms with van der Waals surface area (Å²) < 4.78 is 5.86. The zero-order valence-electron chi connectivity index (χ0n) is 11.2. The number of aromatic nitrogens is 1. The van der Waals surface area contributed by atoms with Crippen molar-refractivity contribution < 1.29 is 9.94 Å². The van der Waals surface area contributed by atoms with Gasteiger partial charge in [-0.3, -0.25) is 4.98 Å². The third-order valence-corrected chi connectivity index (χ3v) is 3.53. The van der Waals surface area contributed by atoms with Gasteiger partial charge in [-0.1, -0.05) is 11.2 Å². The molecule has 5 nitrogen and oxygen atoms in total. The lowest BCUT2D eigenvalue weighted by atomic mass is 10.2. The smallest absolute Gasteiger partial charge is 0.175 e. The van der Waals surface area contributed by atoms with E-state index >= 15 is 0 Å². The number of nitrogens with zero attached hydrogens (tertiary/aromatic N) is 2. The number of thioether (sulfide) groups is 1. The fourth-order valence-corrected chi connectivity index (χ4v) is 2.39. The molecule has 0 saturated carbocycles. The van der Waals surface area contributed by atoms with Crippen molar-refractivity contribution in [3.8, 4) is 11.5 Å². The van der Waals surface area contributed by atoms with Gasteiger partial charge in [-0.15, -0.1) is 11.8 Å². The Morgan fingerprint density at radius 1 is 1.30 bits per heavy atom. The van der Waals surface area contributed by atoms with Crippen molar-refractivity contribution in [2.75, 3.05) is 6.26 Å². The van der Waals surface area contributed by atoms with Gasteiger partial charge in [0.05, 0.1) is 11.3 Å².